The molecule has 2 aliphatic rings. The van der Waals surface area contributed by atoms with Gasteiger partial charge in [-0.2, -0.15) is 5.10 Å². The Morgan fingerprint density at radius 3 is 2.78 bits per heavy atom. The van der Waals surface area contributed by atoms with Gasteiger partial charge in [0.15, 0.2) is 0 Å². The number of halogens is 1. The molecule has 0 bridgehead atoms. The quantitative estimate of drug-likeness (QED) is 0.776. The van der Waals surface area contributed by atoms with Crippen LogP contribution in [-0.2, 0) is 15.6 Å². The van der Waals surface area contributed by atoms with Gasteiger partial charge in [0.25, 0.3) is 0 Å². The number of aromatic amines is 1. The van der Waals surface area contributed by atoms with Gasteiger partial charge in [-0.3, -0.25) is 5.10 Å². The molecule has 8 heteroatoms. The number of nitrogens with one attached hydrogen (secondary N) is 2. The van der Waals surface area contributed by atoms with Crippen LogP contribution in [0.25, 0.3) is 10.9 Å². The maximum atomic E-state index is 11.2. The van der Waals surface area contributed by atoms with Gasteiger partial charge in [0.1, 0.15) is 0 Å². The average molecular weight is 356 g/mol. The second-order valence-corrected chi connectivity index (χ2v) is 9.11. The van der Waals surface area contributed by atoms with E-state index in [1.54, 1.807) is 12.3 Å². The molecule has 0 amide bonds. The Morgan fingerprint density at radius 2 is 2.13 bits per heavy atom. The molecule has 2 aliphatic carbocycles. The third-order valence-corrected chi connectivity index (χ3v) is 6.17. The molecular formula is C15H18ClN3O3S. The van der Waals surface area contributed by atoms with Crippen LogP contribution in [0, 0.1) is 17.8 Å². The number of H-pyrrole nitrogens is 1. The molecule has 1 heterocycles. The lowest BCUT2D eigenvalue weighted by molar-refractivity contribution is 0.0277. The summed E-state index contributed by atoms with van der Waals surface area (Å²) in [7, 11) is -3.16. The number of hydrogen-bond donors (Lipinski definition) is 3. The second kappa shape index (κ2) is 4.92. The highest BCUT2D eigenvalue weighted by molar-refractivity contribution is 7.88. The summed E-state index contributed by atoms with van der Waals surface area (Å²) < 4.78 is 25.0. The fourth-order valence-corrected chi connectivity index (χ4v) is 4.88. The molecule has 4 atom stereocenters. The van der Waals surface area contributed by atoms with Crippen LogP contribution in [-0.4, -0.2) is 36.5 Å². The zero-order valence-corrected chi connectivity index (χ0v) is 14.2. The third kappa shape index (κ3) is 2.65. The minimum absolute atomic E-state index is 0.323. The monoisotopic (exact) mass is 355 g/mol. The van der Waals surface area contributed by atoms with Gasteiger partial charge in [-0.15, -0.1) is 0 Å². The lowest BCUT2D eigenvalue weighted by Gasteiger charge is -2.27. The standard InChI is InChI=1S/C15H18ClN3O3S/c1-23(21,22)18-7-11-9-4-15(20,5-10(9)11)13-2-8(16)3-14-12(13)6-17-19-14/h2-3,6,9-11,18,20H,4-5,7H2,1H3,(H,17,19)/t9-,10+,11+,15+. The van der Waals surface area contributed by atoms with Gasteiger partial charge in [0, 0.05) is 17.0 Å². The number of benzene rings is 1. The summed E-state index contributed by atoms with van der Waals surface area (Å²) in [6.07, 6.45) is 4.15. The number of aromatic nitrogens is 2. The topological polar surface area (TPSA) is 95.1 Å². The molecule has 1 aromatic heterocycles. The molecule has 6 nitrogen and oxygen atoms in total. The van der Waals surface area contributed by atoms with E-state index in [-0.39, 0.29) is 0 Å². The first-order valence-corrected chi connectivity index (χ1v) is 9.84. The van der Waals surface area contributed by atoms with Crippen molar-refractivity contribution >= 4 is 32.5 Å². The molecule has 0 radical (unpaired) electrons. The van der Waals surface area contributed by atoms with Crippen molar-refractivity contribution in [2.45, 2.75) is 18.4 Å². The number of hydrogen-bond acceptors (Lipinski definition) is 4. The van der Waals surface area contributed by atoms with E-state index in [4.69, 9.17) is 11.6 Å². The third-order valence-electron chi connectivity index (χ3n) is 5.26. The van der Waals surface area contributed by atoms with Crippen LogP contribution in [0.5, 0.6) is 0 Å². The molecule has 23 heavy (non-hydrogen) atoms. The fraction of sp³-hybridized carbons (Fsp3) is 0.533. The molecule has 2 fully saturated rings. The summed E-state index contributed by atoms with van der Waals surface area (Å²) >= 11 is 6.16. The molecule has 0 unspecified atom stereocenters. The predicted molar refractivity (Wildman–Crippen MR) is 87.6 cm³/mol. The molecule has 1 aromatic carbocycles. The van der Waals surface area contributed by atoms with Crippen molar-refractivity contribution < 1.29 is 13.5 Å². The van der Waals surface area contributed by atoms with Crippen LogP contribution in [0.2, 0.25) is 5.02 Å². The highest BCUT2D eigenvalue weighted by Gasteiger charge is 2.61. The van der Waals surface area contributed by atoms with E-state index >= 15 is 0 Å². The first kappa shape index (κ1) is 15.4. The van der Waals surface area contributed by atoms with Gasteiger partial charge in [-0.25, -0.2) is 13.1 Å². The Balaban J connectivity index is 1.55. The van der Waals surface area contributed by atoms with E-state index in [0.29, 0.717) is 42.2 Å². The smallest absolute Gasteiger partial charge is 0.208 e. The molecule has 0 spiro atoms. The summed E-state index contributed by atoms with van der Waals surface area (Å²) in [5.74, 6) is 1.04. The van der Waals surface area contributed by atoms with Gasteiger partial charge >= 0.3 is 0 Å². The molecule has 2 aromatic rings. The lowest BCUT2D eigenvalue weighted by atomic mass is 9.85. The Kier molecular flexibility index (Phi) is 3.29. The van der Waals surface area contributed by atoms with E-state index < -0.39 is 15.6 Å². The Bertz CT molecular complexity index is 867. The SMILES string of the molecule is CS(=O)(=O)NC[C@@H]1[C@H]2C[C@](O)(c3cc(Cl)cc4[nH]ncc34)C[C@@H]12. The van der Waals surface area contributed by atoms with Gasteiger partial charge in [0.2, 0.25) is 10.0 Å². The van der Waals surface area contributed by atoms with E-state index in [2.05, 4.69) is 14.9 Å². The van der Waals surface area contributed by atoms with Crippen molar-refractivity contribution in [2.24, 2.45) is 17.8 Å². The van der Waals surface area contributed by atoms with Crippen LogP contribution in [0.3, 0.4) is 0 Å². The average Bonchev–Trinajstić information content (AvgIpc) is 2.82. The van der Waals surface area contributed by atoms with E-state index in [1.807, 2.05) is 6.07 Å². The van der Waals surface area contributed by atoms with Crippen LogP contribution < -0.4 is 4.72 Å². The van der Waals surface area contributed by atoms with Gasteiger partial charge in [-0.05, 0) is 48.3 Å². The van der Waals surface area contributed by atoms with Crippen molar-refractivity contribution in [3.05, 3.63) is 28.9 Å². The van der Waals surface area contributed by atoms with E-state index in [9.17, 15) is 13.5 Å². The maximum Gasteiger partial charge on any atom is 0.208 e. The Morgan fingerprint density at radius 1 is 1.43 bits per heavy atom. The first-order chi connectivity index (χ1) is 10.8. The zero-order valence-electron chi connectivity index (χ0n) is 12.6. The Hall–Kier alpha value is -1.15. The lowest BCUT2D eigenvalue weighted by Crippen LogP contribution is -2.29. The van der Waals surface area contributed by atoms with Crippen molar-refractivity contribution in [1.82, 2.24) is 14.9 Å². The molecule has 0 aliphatic heterocycles. The van der Waals surface area contributed by atoms with Crippen molar-refractivity contribution in [3.63, 3.8) is 0 Å². The van der Waals surface area contributed by atoms with E-state index in [1.165, 1.54) is 6.26 Å². The second-order valence-electron chi connectivity index (χ2n) is 6.84. The van der Waals surface area contributed by atoms with Gasteiger partial charge < -0.3 is 5.11 Å². The number of sulfonamides is 1. The molecule has 2 saturated carbocycles. The van der Waals surface area contributed by atoms with Gasteiger partial charge in [-0.1, -0.05) is 11.6 Å². The predicted octanol–water partition coefficient (Wildman–Crippen LogP) is 1.61. The minimum atomic E-state index is -3.16. The molecular weight excluding hydrogens is 338 g/mol. The number of aliphatic hydroxyl groups is 1. The maximum absolute atomic E-state index is 11.2. The van der Waals surface area contributed by atoms with Crippen molar-refractivity contribution in [3.8, 4) is 0 Å². The highest BCUT2D eigenvalue weighted by Crippen LogP contribution is 2.63. The van der Waals surface area contributed by atoms with Crippen LogP contribution >= 0.6 is 11.6 Å². The number of rotatable bonds is 4. The van der Waals surface area contributed by atoms with Crippen molar-refractivity contribution in [1.29, 1.82) is 0 Å². The van der Waals surface area contributed by atoms with Crippen LogP contribution in [0.1, 0.15) is 18.4 Å². The molecule has 0 saturated heterocycles. The van der Waals surface area contributed by atoms with E-state index in [0.717, 1.165) is 16.5 Å². The van der Waals surface area contributed by atoms with Gasteiger partial charge in [0.05, 0.1) is 23.6 Å². The summed E-state index contributed by atoms with van der Waals surface area (Å²) in [6.45, 7) is 0.459. The van der Waals surface area contributed by atoms with Crippen LogP contribution in [0.4, 0.5) is 0 Å². The summed E-state index contributed by atoms with van der Waals surface area (Å²) in [5, 5.41) is 19.5. The fourth-order valence-electron chi connectivity index (χ4n) is 4.16. The normalized spacial score (nSPS) is 33.1. The summed E-state index contributed by atoms with van der Waals surface area (Å²) in [4.78, 5) is 0. The minimum Gasteiger partial charge on any atom is -0.385 e. The molecule has 124 valence electrons. The Labute approximate surface area is 139 Å². The van der Waals surface area contributed by atoms with Crippen LogP contribution in [0.15, 0.2) is 18.3 Å². The molecule has 4 rings (SSSR count). The summed E-state index contributed by atoms with van der Waals surface area (Å²) in [5.41, 5.74) is 0.719. The summed E-state index contributed by atoms with van der Waals surface area (Å²) in [6, 6.07) is 3.61. The number of fused-ring (bicyclic) bond motifs is 2. The largest absolute Gasteiger partial charge is 0.385 e. The van der Waals surface area contributed by atoms with Crippen molar-refractivity contribution in [2.75, 3.05) is 12.8 Å². The zero-order chi connectivity index (χ0) is 16.4. The first-order valence-electron chi connectivity index (χ1n) is 7.57. The highest BCUT2D eigenvalue weighted by atomic mass is 35.5. The number of nitrogens with zero attached hydrogens (tertiary/aromatic N) is 1. The molecule has 3 N–H and O–H groups in total.